The predicted octanol–water partition coefficient (Wildman–Crippen LogP) is 3.53. The molecule has 0 saturated carbocycles. The number of hydrogen-bond donors (Lipinski definition) is 0. The summed E-state index contributed by atoms with van der Waals surface area (Å²) in [6.45, 7) is 0. The molecule has 0 aliphatic heterocycles. The van der Waals surface area contributed by atoms with Crippen molar-refractivity contribution in [2.24, 2.45) is 0 Å². The Morgan fingerprint density at radius 2 is 1.55 bits per heavy atom. The number of rotatable bonds is 2. The molecule has 12 heteroatoms. The van der Waals surface area contributed by atoms with Crippen LogP contribution in [-0.4, -0.2) is 21.4 Å². The van der Waals surface area contributed by atoms with Gasteiger partial charge in [0.2, 0.25) is 5.82 Å². The van der Waals surface area contributed by atoms with Crippen LogP contribution in [0.4, 0.5) is 35.1 Å². The van der Waals surface area contributed by atoms with Crippen molar-refractivity contribution >= 4 is 16.8 Å². The van der Waals surface area contributed by atoms with Crippen molar-refractivity contribution < 1.29 is 39.9 Å². The number of carbonyl (C=O) groups is 1. The maximum atomic E-state index is 12.8. The van der Waals surface area contributed by atoms with Crippen LogP contribution < -0.4 is 0 Å². The second kappa shape index (κ2) is 4.79. The molecular formula is C8HClF8N2O. The lowest BCUT2D eigenvalue weighted by molar-refractivity contribution is -0.292. The molecule has 0 saturated heterocycles. The van der Waals surface area contributed by atoms with E-state index >= 15 is 0 Å². The van der Waals surface area contributed by atoms with Crippen molar-refractivity contribution in [2.75, 3.05) is 0 Å². The summed E-state index contributed by atoms with van der Waals surface area (Å²) < 4.78 is 99.0. The van der Waals surface area contributed by atoms with E-state index in [1.807, 2.05) is 0 Å². The van der Waals surface area contributed by atoms with Crippen molar-refractivity contribution in [3.05, 3.63) is 23.3 Å². The molecule has 0 aliphatic rings. The van der Waals surface area contributed by atoms with Gasteiger partial charge in [0.1, 0.15) is 0 Å². The Balaban J connectivity index is 3.53. The van der Waals surface area contributed by atoms with Gasteiger partial charge in [-0.1, -0.05) is 0 Å². The first-order valence-corrected chi connectivity index (χ1v) is 4.75. The first kappa shape index (κ1) is 16.5. The molecule has 0 unspecified atom stereocenters. The molecule has 1 aromatic rings. The number of hydrogen-bond acceptors (Lipinski definition) is 3. The number of aromatic nitrogens is 2. The Bertz CT molecular complexity index is 538. The first-order valence-electron chi connectivity index (χ1n) is 4.37. The average Bonchev–Trinajstić information content (AvgIpc) is 2.25. The van der Waals surface area contributed by atoms with Crippen LogP contribution >= 0.6 is 11.6 Å². The zero-order chi connectivity index (χ0) is 15.9. The molecule has 0 spiro atoms. The summed E-state index contributed by atoms with van der Waals surface area (Å²) in [6, 6.07) is 0. The van der Waals surface area contributed by atoms with E-state index in [-0.39, 0.29) is 6.20 Å². The van der Waals surface area contributed by atoms with E-state index in [1.54, 1.807) is 0 Å². The van der Waals surface area contributed by atoms with Crippen LogP contribution in [-0.2, 0) is 12.1 Å². The van der Waals surface area contributed by atoms with Crippen LogP contribution in [0.3, 0.4) is 0 Å². The van der Waals surface area contributed by atoms with E-state index < -0.39 is 40.6 Å². The number of alkyl halides is 8. The SMILES string of the molecule is O=C(Cl)c1cnc(C(F)(F)C(F)(F)F)nc1C(F)(F)F. The van der Waals surface area contributed by atoms with Gasteiger partial charge >= 0.3 is 18.3 Å². The second-order valence-electron chi connectivity index (χ2n) is 3.30. The molecule has 0 bridgehead atoms. The summed E-state index contributed by atoms with van der Waals surface area (Å²) in [5.41, 5.74) is -3.70. The highest BCUT2D eigenvalue weighted by Gasteiger charge is 2.61. The largest absolute Gasteiger partial charge is 0.461 e. The molecule has 0 radical (unpaired) electrons. The van der Waals surface area contributed by atoms with Crippen LogP contribution in [0, 0.1) is 0 Å². The summed E-state index contributed by atoms with van der Waals surface area (Å²) in [4.78, 5) is 15.2. The summed E-state index contributed by atoms with van der Waals surface area (Å²) in [5.74, 6) is -8.14. The topological polar surface area (TPSA) is 42.9 Å². The van der Waals surface area contributed by atoms with E-state index in [1.165, 1.54) is 0 Å². The van der Waals surface area contributed by atoms with Crippen LogP contribution in [0.25, 0.3) is 0 Å². The summed E-state index contributed by atoms with van der Waals surface area (Å²) >= 11 is 4.74. The fourth-order valence-electron chi connectivity index (χ4n) is 1.02. The smallest absolute Gasteiger partial charge is 0.275 e. The van der Waals surface area contributed by atoms with E-state index in [9.17, 15) is 39.9 Å². The summed E-state index contributed by atoms with van der Waals surface area (Å²) in [5, 5.41) is -1.75. The molecular weight excluding hydrogens is 328 g/mol. The normalized spacial score (nSPS) is 13.4. The molecule has 0 N–H and O–H groups in total. The van der Waals surface area contributed by atoms with Gasteiger partial charge in [0, 0.05) is 6.20 Å². The quantitative estimate of drug-likeness (QED) is 0.616. The number of halogens is 9. The zero-order valence-corrected chi connectivity index (χ0v) is 9.54. The highest BCUT2D eigenvalue weighted by molar-refractivity contribution is 6.67. The average molecular weight is 329 g/mol. The van der Waals surface area contributed by atoms with Gasteiger partial charge in [-0.2, -0.15) is 35.1 Å². The van der Waals surface area contributed by atoms with Gasteiger partial charge in [-0.15, -0.1) is 0 Å². The van der Waals surface area contributed by atoms with Gasteiger partial charge < -0.3 is 0 Å². The lowest BCUT2D eigenvalue weighted by atomic mass is 10.2. The van der Waals surface area contributed by atoms with Crippen LogP contribution in [0.1, 0.15) is 21.9 Å². The minimum absolute atomic E-state index is 0.139. The van der Waals surface area contributed by atoms with Gasteiger partial charge in [-0.3, -0.25) is 4.79 Å². The summed E-state index contributed by atoms with van der Waals surface area (Å²) in [6.07, 6.45) is -11.8. The molecule has 0 atom stereocenters. The predicted molar refractivity (Wildman–Crippen MR) is 47.2 cm³/mol. The lowest BCUT2D eigenvalue weighted by Crippen LogP contribution is -2.36. The minimum atomic E-state index is -6.19. The van der Waals surface area contributed by atoms with Gasteiger partial charge in [-0.05, 0) is 11.6 Å². The zero-order valence-electron chi connectivity index (χ0n) is 8.78. The van der Waals surface area contributed by atoms with Crippen molar-refractivity contribution in [3.63, 3.8) is 0 Å². The molecule has 0 fully saturated rings. The van der Waals surface area contributed by atoms with Gasteiger partial charge in [0.15, 0.2) is 5.69 Å². The molecule has 1 heterocycles. The Hall–Kier alpha value is -1.52. The van der Waals surface area contributed by atoms with Crippen molar-refractivity contribution in [3.8, 4) is 0 Å². The highest BCUT2D eigenvalue weighted by Crippen LogP contribution is 2.43. The maximum Gasteiger partial charge on any atom is 0.461 e. The van der Waals surface area contributed by atoms with Gasteiger partial charge in [-0.25, -0.2) is 9.97 Å². The fraction of sp³-hybridized carbons (Fsp3) is 0.375. The van der Waals surface area contributed by atoms with Crippen molar-refractivity contribution in [2.45, 2.75) is 18.3 Å². The molecule has 1 aromatic heterocycles. The molecule has 1 rings (SSSR count). The Labute approximate surface area is 109 Å². The third kappa shape index (κ3) is 2.97. The monoisotopic (exact) mass is 328 g/mol. The van der Waals surface area contributed by atoms with Crippen molar-refractivity contribution in [1.29, 1.82) is 0 Å². The van der Waals surface area contributed by atoms with Gasteiger partial charge in [0.05, 0.1) is 5.56 Å². The van der Waals surface area contributed by atoms with E-state index in [4.69, 9.17) is 11.6 Å². The molecule has 112 valence electrons. The first-order chi connectivity index (χ1) is 8.78. The highest BCUT2D eigenvalue weighted by atomic mass is 35.5. The third-order valence-corrected chi connectivity index (χ3v) is 2.11. The molecule has 20 heavy (non-hydrogen) atoms. The molecule has 0 aliphatic carbocycles. The Morgan fingerprint density at radius 3 is 1.90 bits per heavy atom. The Morgan fingerprint density at radius 1 is 1.05 bits per heavy atom. The van der Waals surface area contributed by atoms with Crippen LogP contribution in [0.15, 0.2) is 6.20 Å². The van der Waals surface area contributed by atoms with E-state index in [0.717, 1.165) is 0 Å². The van der Waals surface area contributed by atoms with Crippen LogP contribution in [0.2, 0.25) is 0 Å². The van der Waals surface area contributed by atoms with Crippen LogP contribution in [0.5, 0.6) is 0 Å². The van der Waals surface area contributed by atoms with E-state index in [0.29, 0.717) is 0 Å². The second-order valence-corrected chi connectivity index (χ2v) is 3.64. The fourth-order valence-corrected chi connectivity index (χ4v) is 1.16. The lowest BCUT2D eigenvalue weighted by Gasteiger charge is -2.19. The maximum absolute atomic E-state index is 12.8. The number of carbonyl (C=O) groups excluding carboxylic acids is 1. The Kier molecular flexibility index (Phi) is 3.96. The van der Waals surface area contributed by atoms with Crippen molar-refractivity contribution in [1.82, 2.24) is 9.97 Å². The van der Waals surface area contributed by atoms with Gasteiger partial charge in [0.25, 0.3) is 5.24 Å². The number of nitrogens with zero attached hydrogens (tertiary/aromatic N) is 2. The molecule has 3 nitrogen and oxygen atoms in total. The summed E-state index contributed by atoms with van der Waals surface area (Å²) in [7, 11) is 0. The van der Waals surface area contributed by atoms with E-state index in [2.05, 4.69) is 9.97 Å². The standard InChI is InChI=1S/C8HClF8N2O/c9-4(20)2-1-18-5(6(10,11)8(15,16)17)19-3(2)7(12,13)14/h1H. The molecule has 0 amide bonds. The molecule has 0 aromatic carbocycles. The minimum Gasteiger partial charge on any atom is -0.275 e. The third-order valence-electron chi connectivity index (χ3n) is 1.91.